The maximum absolute atomic E-state index is 10.2. The Bertz CT molecular complexity index is 679. The molecule has 1 aliphatic rings. The number of aliphatic hydroxyl groups is 1. The first kappa shape index (κ1) is 18.0. The van der Waals surface area contributed by atoms with Crippen molar-refractivity contribution in [1.82, 2.24) is 19.5 Å². The van der Waals surface area contributed by atoms with Gasteiger partial charge in [-0.15, -0.1) is 0 Å². The fourth-order valence-electron chi connectivity index (χ4n) is 3.02. The Morgan fingerprint density at radius 2 is 2.08 bits per heavy atom. The van der Waals surface area contributed by atoms with Gasteiger partial charge in [0.05, 0.1) is 19.0 Å². The van der Waals surface area contributed by atoms with Crippen molar-refractivity contribution in [3.05, 3.63) is 12.7 Å². The number of hydrogen-bond acceptors (Lipinski definition) is 8. The van der Waals surface area contributed by atoms with E-state index >= 15 is 0 Å². The van der Waals surface area contributed by atoms with Crippen molar-refractivity contribution in [2.75, 3.05) is 25.5 Å². The lowest BCUT2D eigenvalue weighted by atomic mass is 10.2. The van der Waals surface area contributed by atoms with Gasteiger partial charge in [0.1, 0.15) is 24.2 Å². The summed E-state index contributed by atoms with van der Waals surface area (Å²) in [5, 5.41) is 10.2. The second-order valence-electron chi connectivity index (χ2n) is 6.29. The number of ether oxygens (including phenoxy) is 2. The van der Waals surface area contributed by atoms with Gasteiger partial charge in [-0.1, -0.05) is 12.8 Å². The van der Waals surface area contributed by atoms with Crippen LogP contribution in [-0.4, -0.2) is 56.6 Å². The molecule has 1 aliphatic heterocycles. The summed E-state index contributed by atoms with van der Waals surface area (Å²) in [5.74, 6) is 0.330. The third-order valence-corrected chi connectivity index (χ3v) is 4.43. The number of aromatic nitrogens is 4. The fourth-order valence-corrected chi connectivity index (χ4v) is 3.02. The zero-order valence-corrected chi connectivity index (χ0v) is 14.3. The van der Waals surface area contributed by atoms with Gasteiger partial charge in [-0.2, -0.15) is 0 Å². The number of fused-ring (bicyclic) bond motifs is 1. The Kier molecular flexibility index (Phi) is 6.14. The van der Waals surface area contributed by atoms with Gasteiger partial charge >= 0.3 is 0 Å². The van der Waals surface area contributed by atoms with Crippen LogP contribution in [0.1, 0.15) is 38.3 Å². The quantitative estimate of drug-likeness (QED) is 0.559. The number of nitrogen functional groups attached to an aromatic ring is 1. The molecule has 1 fully saturated rings. The van der Waals surface area contributed by atoms with E-state index in [-0.39, 0.29) is 12.3 Å². The number of rotatable bonds is 9. The first-order valence-corrected chi connectivity index (χ1v) is 8.75. The van der Waals surface area contributed by atoms with Crippen LogP contribution in [0, 0.1) is 0 Å². The van der Waals surface area contributed by atoms with E-state index in [1.165, 1.54) is 6.33 Å². The molecule has 0 aliphatic carbocycles. The average Bonchev–Trinajstić information content (AvgIpc) is 3.19. The predicted octanol–water partition coefficient (Wildman–Crippen LogP) is 0.593. The summed E-state index contributed by atoms with van der Waals surface area (Å²) in [5.41, 5.74) is 12.4. The molecule has 3 atom stereocenters. The maximum Gasteiger partial charge on any atom is 0.167 e. The lowest BCUT2D eigenvalue weighted by Gasteiger charge is -2.16. The molecule has 0 radical (unpaired) electrons. The van der Waals surface area contributed by atoms with Gasteiger partial charge in [-0.05, 0) is 19.4 Å². The van der Waals surface area contributed by atoms with E-state index in [2.05, 4.69) is 15.0 Å². The summed E-state index contributed by atoms with van der Waals surface area (Å²) in [4.78, 5) is 12.4. The molecule has 9 heteroatoms. The highest BCUT2D eigenvalue weighted by Gasteiger charge is 2.35. The van der Waals surface area contributed by atoms with Crippen molar-refractivity contribution < 1.29 is 14.6 Å². The zero-order valence-electron chi connectivity index (χ0n) is 14.3. The molecule has 0 spiro atoms. The number of anilines is 1. The number of nitrogens with two attached hydrogens (primary N) is 2. The summed E-state index contributed by atoms with van der Waals surface area (Å²) in [7, 11) is 0. The van der Waals surface area contributed by atoms with Crippen molar-refractivity contribution in [3.8, 4) is 0 Å². The van der Waals surface area contributed by atoms with E-state index in [0.717, 1.165) is 32.2 Å². The Labute approximate surface area is 146 Å². The highest BCUT2D eigenvalue weighted by atomic mass is 16.6. The molecule has 0 amide bonds. The van der Waals surface area contributed by atoms with Gasteiger partial charge in [0.25, 0.3) is 0 Å². The molecule has 138 valence electrons. The van der Waals surface area contributed by atoms with Crippen molar-refractivity contribution in [2.24, 2.45) is 5.73 Å². The normalized spacial score (nSPS) is 23.5. The van der Waals surface area contributed by atoms with Crippen molar-refractivity contribution in [2.45, 2.75) is 50.5 Å². The molecule has 0 unspecified atom stereocenters. The molecule has 0 bridgehead atoms. The van der Waals surface area contributed by atoms with Crippen LogP contribution in [0.15, 0.2) is 12.7 Å². The molecule has 2 aromatic rings. The molecule has 5 N–H and O–H groups in total. The summed E-state index contributed by atoms with van der Waals surface area (Å²) < 4.78 is 13.4. The van der Waals surface area contributed by atoms with Crippen LogP contribution < -0.4 is 11.5 Å². The van der Waals surface area contributed by atoms with E-state index in [9.17, 15) is 5.11 Å². The van der Waals surface area contributed by atoms with Crippen LogP contribution in [0.25, 0.3) is 11.2 Å². The molecule has 9 nitrogen and oxygen atoms in total. The highest BCUT2D eigenvalue weighted by Crippen LogP contribution is 2.31. The minimum Gasteiger partial charge on any atom is -0.390 e. The topological polar surface area (TPSA) is 134 Å². The van der Waals surface area contributed by atoms with Crippen LogP contribution in [-0.2, 0) is 9.47 Å². The van der Waals surface area contributed by atoms with Crippen molar-refractivity contribution in [3.63, 3.8) is 0 Å². The number of nitrogens with zero attached hydrogens (tertiary/aromatic N) is 4. The average molecular weight is 350 g/mol. The third kappa shape index (κ3) is 4.24. The first-order valence-electron chi connectivity index (χ1n) is 8.75. The molecule has 1 saturated heterocycles. The monoisotopic (exact) mass is 350 g/mol. The van der Waals surface area contributed by atoms with E-state index < -0.39 is 6.10 Å². The molecule has 3 heterocycles. The van der Waals surface area contributed by atoms with Gasteiger partial charge in [0.15, 0.2) is 11.5 Å². The molecule has 0 aromatic carbocycles. The van der Waals surface area contributed by atoms with Crippen LogP contribution >= 0.6 is 0 Å². The second kappa shape index (κ2) is 8.52. The van der Waals surface area contributed by atoms with Gasteiger partial charge in [0, 0.05) is 13.0 Å². The van der Waals surface area contributed by atoms with Gasteiger partial charge in [-0.25, -0.2) is 15.0 Å². The summed E-state index contributed by atoms with van der Waals surface area (Å²) >= 11 is 0. The van der Waals surface area contributed by atoms with E-state index in [1.54, 1.807) is 10.9 Å². The highest BCUT2D eigenvalue weighted by molar-refractivity contribution is 5.81. The lowest BCUT2D eigenvalue weighted by molar-refractivity contribution is -0.0617. The van der Waals surface area contributed by atoms with Crippen molar-refractivity contribution >= 4 is 17.0 Å². The number of hydrogen-bond donors (Lipinski definition) is 3. The Morgan fingerprint density at radius 3 is 2.92 bits per heavy atom. The standard InChI is InChI=1S/C16H26N6O3/c17-5-3-1-2-4-6-24-8-12-11(23)7-13(25-12)22-10-21-14-15(18)19-9-20-16(14)22/h9-13,23H,1-8,17H2,(H2,18,19,20)/t11-,12+,13+/m0/s1. The lowest BCUT2D eigenvalue weighted by Crippen LogP contribution is -2.26. The van der Waals surface area contributed by atoms with E-state index in [4.69, 9.17) is 20.9 Å². The number of imidazole rings is 1. The van der Waals surface area contributed by atoms with Gasteiger partial charge in [0.2, 0.25) is 0 Å². The minimum absolute atomic E-state index is 0.330. The molecule has 25 heavy (non-hydrogen) atoms. The van der Waals surface area contributed by atoms with Crippen LogP contribution in [0.3, 0.4) is 0 Å². The Hall–Kier alpha value is -1.81. The third-order valence-electron chi connectivity index (χ3n) is 4.43. The summed E-state index contributed by atoms with van der Waals surface area (Å²) in [6, 6.07) is 0. The number of unbranched alkanes of at least 4 members (excludes halogenated alkanes) is 3. The minimum atomic E-state index is -0.584. The predicted molar refractivity (Wildman–Crippen MR) is 92.6 cm³/mol. The smallest absolute Gasteiger partial charge is 0.167 e. The first-order chi connectivity index (χ1) is 12.2. The second-order valence-corrected chi connectivity index (χ2v) is 6.29. The molecular weight excluding hydrogens is 324 g/mol. The van der Waals surface area contributed by atoms with E-state index in [0.29, 0.717) is 36.6 Å². The number of aliphatic hydroxyl groups excluding tert-OH is 1. The van der Waals surface area contributed by atoms with Crippen LogP contribution in [0.2, 0.25) is 0 Å². The van der Waals surface area contributed by atoms with Crippen LogP contribution in [0.5, 0.6) is 0 Å². The van der Waals surface area contributed by atoms with Crippen LogP contribution in [0.4, 0.5) is 5.82 Å². The molecule has 3 rings (SSSR count). The molecule has 2 aromatic heterocycles. The SMILES string of the molecule is NCCCCCCOC[C@H]1O[C@@H](n2cnc3c(N)ncnc32)C[C@@H]1O. The zero-order chi connectivity index (χ0) is 17.6. The largest absolute Gasteiger partial charge is 0.390 e. The Balaban J connectivity index is 1.50. The van der Waals surface area contributed by atoms with E-state index in [1.807, 2.05) is 0 Å². The van der Waals surface area contributed by atoms with Crippen molar-refractivity contribution in [1.29, 1.82) is 0 Å². The molecule has 0 saturated carbocycles. The summed E-state index contributed by atoms with van der Waals surface area (Å²) in [6.07, 6.45) is 6.48. The maximum atomic E-state index is 10.2. The fraction of sp³-hybridized carbons (Fsp3) is 0.688. The van der Waals surface area contributed by atoms with Gasteiger partial charge in [-0.3, -0.25) is 4.57 Å². The molecular formula is C16H26N6O3. The Morgan fingerprint density at radius 1 is 1.24 bits per heavy atom. The van der Waals surface area contributed by atoms with Gasteiger partial charge < -0.3 is 26.0 Å². The summed E-state index contributed by atoms with van der Waals surface area (Å²) in [6.45, 7) is 1.78.